The molecule has 0 aliphatic rings. The van der Waals surface area contributed by atoms with Crippen molar-refractivity contribution in [3.63, 3.8) is 0 Å². The van der Waals surface area contributed by atoms with Crippen molar-refractivity contribution in [2.45, 2.75) is 26.9 Å². The van der Waals surface area contributed by atoms with E-state index in [0.717, 1.165) is 12.1 Å². The summed E-state index contributed by atoms with van der Waals surface area (Å²) in [6, 6.07) is 2.88. The van der Waals surface area contributed by atoms with Gasteiger partial charge in [0.15, 0.2) is 0 Å². The van der Waals surface area contributed by atoms with Crippen molar-refractivity contribution < 1.29 is 18.0 Å². The fourth-order valence-electron chi connectivity index (χ4n) is 1.40. The topological polar surface area (TPSA) is 55.1 Å². The van der Waals surface area contributed by atoms with Gasteiger partial charge in [-0.05, 0) is 24.1 Å². The van der Waals surface area contributed by atoms with Crippen LogP contribution in [0.15, 0.2) is 18.2 Å². The van der Waals surface area contributed by atoms with Gasteiger partial charge in [0.1, 0.15) is 0 Å². The van der Waals surface area contributed by atoms with Crippen molar-refractivity contribution >= 4 is 17.3 Å². The summed E-state index contributed by atoms with van der Waals surface area (Å²) in [4.78, 5) is 11.8. The number of anilines is 2. The van der Waals surface area contributed by atoms with Gasteiger partial charge in [0.05, 0.1) is 16.9 Å². The van der Waals surface area contributed by atoms with Crippen LogP contribution in [0.2, 0.25) is 0 Å². The largest absolute Gasteiger partial charge is 0.416 e. The third-order valence-electron chi connectivity index (χ3n) is 3.05. The SMILES string of the molecule is CC(C)C(C)C(=O)Nc1ccc(C(F)(F)F)cc1N. The predicted molar refractivity (Wildman–Crippen MR) is 68.5 cm³/mol. The molecule has 0 aromatic heterocycles. The zero-order chi connectivity index (χ0) is 14.8. The Bertz CT molecular complexity index is 469. The molecular weight excluding hydrogens is 257 g/mol. The molecule has 0 saturated carbocycles. The molecule has 3 N–H and O–H groups in total. The Hall–Kier alpha value is -1.72. The number of rotatable bonds is 3. The van der Waals surface area contributed by atoms with Gasteiger partial charge >= 0.3 is 6.18 Å². The summed E-state index contributed by atoms with van der Waals surface area (Å²) in [6.07, 6.45) is -4.44. The summed E-state index contributed by atoms with van der Waals surface area (Å²) < 4.78 is 37.4. The molecule has 3 nitrogen and oxygen atoms in total. The lowest BCUT2D eigenvalue weighted by atomic mass is 9.97. The Morgan fingerprint density at radius 3 is 2.26 bits per heavy atom. The van der Waals surface area contributed by atoms with Gasteiger partial charge in [-0.3, -0.25) is 4.79 Å². The third kappa shape index (κ3) is 3.87. The molecule has 0 fully saturated rings. The first kappa shape index (κ1) is 15.3. The smallest absolute Gasteiger partial charge is 0.397 e. The molecule has 0 aliphatic heterocycles. The molecule has 0 saturated heterocycles. The summed E-state index contributed by atoms with van der Waals surface area (Å²) in [7, 11) is 0. The third-order valence-corrected chi connectivity index (χ3v) is 3.05. The van der Waals surface area contributed by atoms with Crippen molar-refractivity contribution in [3.05, 3.63) is 23.8 Å². The Morgan fingerprint density at radius 2 is 1.84 bits per heavy atom. The second-order valence-corrected chi connectivity index (χ2v) is 4.82. The number of nitrogens with one attached hydrogen (secondary N) is 1. The molecule has 1 unspecified atom stereocenters. The van der Waals surface area contributed by atoms with Crippen molar-refractivity contribution in [1.29, 1.82) is 0 Å². The highest BCUT2D eigenvalue weighted by Gasteiger charge is 2.31. The van der Waals surface area contributed by atoms with Gasteiger partial charge in [0, 0.05) is 5.92 Å². The van der Waals surface area contributed by atoms with Crippen molar-refractivity contribution in [2.75, 3.05) is 11.1 Å². The highest BCUT2D eigenvalue weighted by atomic mass is 19.4. The first-order valence-corrected chi connectivity index (χ1v) is 5.90. The number of alkyl halides is 3. The molecular formula is C13H17F3N2O. The standard InChI is InChI=1S/C13H17F3N2O/c1-7(2)8(3)12(19)18-11-5-4-9(6-10(11)17)13(14,15)16/h4-8H,17H2,1-3H3,(H,18,19). The number of carbonyl (C=O) groups is 1. The molecule has 106 valence electrons. The van der Waals surface area contributed by atoms with Crippen molar-refractivity contribution in [2.24, 2.45) is 11.8 Å². The van der Waals surface area contributed by atoms with E-state index in [-0.39, 0.29) is 29.1 Å². The Balaban J connectivity index is 2.90. The van der Waals surface area contributed by atoms with E-state index in [2.05, 4.69) is 5.32 Å². The fraction of sp³-hybridized carbons (Fsp3) is 0.462. The minimum absolute atomic E-state index is 0.0980. The summed E-state index contributed by atoms with van der Waals surface area (Å²) in [5.41, 5.74) is 4.80. The molecule has 0 bridgehead atoms. The van der Waals surface area contributed by atoms with Crippen LogP contribution >= 0.6 is 0 Å². The van der Waals surface area contributed by atoms with E-state index in [4.69, 9.17) is 5.73 Å². The first-order chi connectivity index (χ1) is 8.62. The maximum atomic E-state index is 12.5. The van der Waals surface area contributed by atoms with Crippen LogP contribution in [0, 0.1) is 11.8 Å². The highest BCUT2D eigenvalue weighted by Crippen LogP contribution is 2.33. The van der Waals surface area contributed by atoms with Gasteiger partial charge in [-0.2, -0.15) is 13.2 Å². The highest BCUT2D eigenvalue weighted by molar-refractivity contribution is 5.95. The van der Waals surface area contributed by atoms with Crippen LogP contribution in [0.5, 0.6) is 0 Å². The molecule has 6 heteroatoms. The van der Waals surface area contributed by atoms with Crippen LogP contribution in [0.25, 0.3) is 0 Å². The Kier molecular flexibility index (Phi) is 4.44. The number of hydrogen-bond donors (Lipinski definition) is 2. The second-order valence-electron chi connectivity index (χ2n) is 4.82. The normalized spacial score (nSPS) is 13.4. The summed E-state index contributed by atoms with van der Waals surface area (Å²) in [6.45, 7) is 5.53. The van der Waals surface area contributed by atoms with Crippen molar-refractivity contribution in [1.82, 2.24) is 0 Å². The molecule has 0 radical (unpaired) electrons. The molecule has 1 aromatic rings. The zero-order valence-electron chi connectivity index (χ0n) is 11.0. The Labute approximate surface area is 110 Å². The number of halogens is 3. The van der Waals surface area contributed by atoms with Crippen LogP contribution in [-0.2, 0) is 11.0 Å². The predicted octanol–water partition coefficient (Wildman–Crippen LogP) is 3.52. The number of amides is 1. The van der Waals surface area contributed by atoms with Crippen LogP contribution in [0.1, 0.15) is 26.3 Å². The van der Waals surface area contributed by atoms with Crippen LogP contribution < -0.4 is 11.1 Å². The van der Waals surface area contributed by atoms with Gasteiger partial charge in [-0.15, -0.1) is 0 Å². The van der Waals surface area contributed by atoms with Gasteiger partial charge in [0.2, 0.25) is 5.91 Å². The number of benzene rings is 1. The molecule has 0 aliphatic carbocycles. The van der Waals surface area contributed by atoms with Gasteiger partial charge in [0.25, 0.3) is 0 Å². The summed E-state index contributed by atoms with van der Waals surface area (Å²) in [5.74, 6) is -0.376. The van der Waals surface area contributed by atoms with E-state index in [1.165, 1.54) is 6.07 Å². The molecule has 0 spiro atoms. The maximum absolute atomic E-state index is 12.5. The molecule has 1 atom stereocenters. The first-order valence-electron chi connectivity index (χ1n) is 5.90. The molecule has 0 heterocycles. The lowest BCUT2D eigenvalue weighted by molar-refractivity contribution is -0.137. The average molecular weight is 274 g/mol. The minimum atomic E-state index is -4.44. The quantitative estimate of drug-likeness (QED) is 0.829. The van der Waals surface area contributed by atoms with E-state index in [1.54, 1.807) is 6.92 Å². The van der Waals surface area contributed by atoms with E-state index in [0.29, 0.717) is 0 Å². The monoisotopic (exact) mass is 274 g/mol. The fourth-order valence-corrected chi connectivity index (χ4v) is 1.40. The van der Waals surface area contributed by atoms with E-state index < -0.39 is 11.7 Å². The number of nitrogens with two attached hydrogens (primary N) is 1. The van der Waals surface area contributed by atoms with Gasteiger partial charge in [-0.25, -0.2) is 0 Å². The van der Waals surface area contributed by atoms with E-state index in [9.17, 15) is 18.0 Å². The number of nitrogen functional groups attached to an aromatic ring is 1. The van der Waals surface area contributed by atoms with Crippen LogP contribution in [0.4, 0.5) is 24.5 Å². The number of hydrogen-bond acceptors (Lipinski definition) is 2. The summed E-state index contributed by atoms with van der Waals surface area (Å²) in [5, 5.41) is 2.54. The molecule has 19 heavy (non-hydrogen) atoms. The van der Waals surface area contributed by atoms with E-state index >= 15 is 0 Å². The van der Waals surface area contributed by atoms with Crippen LogP contribution in [-0.4, -0.2) is 5.91 Å². The Morgan fingerprint density at radius 1 is 1.26 bits per heavy atom. The second kappa shape index (κ2) is 5.50. The van der Waals surface area contributed by atoms with Gasteiger partial charge in [-0.1, -0.05) is 20.8 Å². The molecule has 1 aromatic carbocycles. The summed E-state index contributed by atoms with van der Waals surface area (Å²) >= 11 is 0. The number of carbonyl (C=O) groups excluding carboxylic acids is 1. The lowest BCUT2D eigenvalue weighted by Crippen LogP contribution is -2.24. The molecule has 1 amide bonds. The van der Waals surface area contributed by atoms with Gasteiger partial charge < -0.3 is 11.1 Å². The zero-order valence-corrected chi connectivity index (χ0v) is 11.0. The maximum Gasteiger partial charge on any atom is 0.416 e. The molecule has 1 rings (SSSR count). The lowest BCUT2D eigenvalue weighted by Gasteiger charge is -2.17. The van der Waals surface area contributed by atoms with Crippen molar-refractivity contribution in [3.8, 4) is 0 Å². The van der Waals surface area contributed by atoms with Crippen LogP contribution in [0.3, 0.4) is 0 Å². The van der Waals surface area contributed by atoms with E-state index in [1.807, 2.05) is 13.8 Å². The minimum Gasteiger partial charge on any atom is -0.397 e. The average Bonchev–Trinajstić information content (AvgIpc) is 2.29.